The van der Waals surface area contributed by atoms with Gasteiger partial charge >= 0.3 is 5.97 Å². The van der Waals surface area contributed by atoms with E-state index in [1.54, 1.807) is 6.92 Å². The first-order valence-electron chi connectivity index (χ1n) is 6.23. The first-order valence-corrected chi connectivity index (χ1v) is 8.05. The van der Waals surface area contributed by atoms with Gasteiger partial charge in [-0.1, -0.05) is 0 Å². The molecule has 0 spiro atoms. The van der Waals surface area contributed by atoms with Crippen LogP contribution in [0.15, 0.2) is 0 Å². The summed E-state index contributed by atoms with van der Waals surface area (Å²) in [6, 6.07) is -1.10. The topological polar surface area (TPSA) is 104 Å². The Morgan fingerprint density at radius 2 is 2.11 bits per heavy atom. The van der Waals surface area contributed by atoms with Crippen LogP contribution in [0.5, 0.6) is 0 Å². The molecule has 1 saturated heterocycles. The molecule has 0 aromatic carbocycles. The van der Waals surface area contributed by atoms with Crippen LogP contribution in [-0.2, 0) is 19.4 Å². The number of nitrogens with one attached hydrogen (secondary N) is 1. The van der Waals surface area contributed by atoms with Crippen LogP contribution in [0.1, 0.15) is 20.3 Å². The van der Waals surface area contributed by atoms with E-state index in [0.29, 0.717) is 13.0 Å². The van der Waals surface area contributed by atoms with Crippen molar-refractivity contribution in [2.75, 3.05) is 24.6 Å². The van der Waals surface area contributed by atoms with Gasteiger partial charge in [0, 0.05) is 12.6 Å². The minimum absolute atomic E-state index is 0.00106. The fourth-order valence-electron chi connectivity index (χ4n) is 2.09. The van der Waals surface area contributed by atoms with Gasteiger partial charge in [0.2, 0.25) is 5.91 Å². The molecule has 1 aliphatic rings. The maximum absolute atomic E-state index is 12.0. The molecule has 1 aliphatic heterocycles. The third-order valence-electron chi connectivity index (χ3n) is 3.24. The molecule has 2 N–H and O–H groups in total. The number of carboxylic acids is 1. The molecule has 8 heteroatoms. The normalized spacial score (nSPS) is 22.9. The van der Waals surface area contributed by atoms with Crippen LogP contribution in [0.4, 0.5) is 0 Å². The molecule has 19 heavy (non-hydrogen) atoms. The maximum Gasteiger partial charge on any atom is 0.320 e. The third-order valence-corrected chi connectivity index (χ3v) is 4.99. The van der Waals surface area contributed by atoms with Gasteiger partial charge < -0.3 is 10.0 Å². The Labute approximate surface area is 112 Å². The van der Waals surface area contributed by atoms with Gasteiger partial charge in [-0.2, -0.15) is 0 Å². The highest BCUT2D eigenvalue weighted by atomic mass is 32.2. The standard InChI is InChI=1S/C11H20N2O5S/c1-3-13(9-4-5-19(17,18)7-9)10(14)6-12-8(2)11(15)16/h8-9,12H,3-7H2,1-2H3,(H,15,16)/t8-,9?/m1/s1. The first-order chi connectivity index (χ1) is 8.76. The monoisotopic (exact) mass is 292 g/mol. The summed E-state index contributed by atoms with van der Waals surface area (Å²) in [5.74, 6) is -1.18. The molecule has 1 fully saturated rings. The van der Waals surface area contributed by atoms with E-state index in [0.717, 1.165) is 0 Å². The fourth-order valence-corrected chi connectivity index (χ4v) is 3.82. The zero-order valence-electron chi connectivity index (χ0n) is 11.1. The van der Waals surface area contributed by atoms with Gasteiger partial charge in [-0.15, -0.1) is 0 Å². The largest absolute Gasteiger partial charge is 0.480 e. The van der Waals surface area contributed by atoms with Gasteiger partial charge in [0.05, 0.1) is 18.1 Å². The number of aliphatic carboxylic acids is 1. The summed E-state index contributed by atoms with van der Waals surface area (Å²) < 4.78 is 22.8. The Morgan fingerprint density at radius 1 is 1.47 bits per heavy atom. The molecule has 110 valence electrons. The van der Waals surface area contributed by atoms with Crippen molar-refractivity contribution in [2.45, 2.75) is 32.4 Å². The zero-order chi connectivity index (χ0) is 14.6. The lowest BCUT2D eigenvalue weighted by atomic mass is 10.2. The van der Waals surface area contributed by atoms with Crippen molar-refractivity contribution in [1.82, 2.24) is 10.2 Å². The second-order valence-corrected chi connectivity index (χ2v) is 6.91. The Bertz CT molecular complexity index is 448. The SMILES string of the molecule is CCN(C(=O)CN[C@H](C)C(=O)O)C1CCS(=O)(=O)C1. The molecule has 1 heterocycles. The first kappa shape index (κ1) is 15.9. The number of hydrogen-bond acceptors (Lipinski definition) is 5. The van der Waals surface area contributed by atoms with Gasteiger partial charge in [0.1, 0.15) is 6.04 Å². The van der Waals surface area contributed by atoms with Crippen LogP contribution < -0.4 is 5.32 Å². The van der Waals surface area contributed by atoms with Crippen LogP contribution in [0.3, 0.4) is 0 Å². The molecule has 0 saturated carbocycles. The second-order valence-electron chi connectivity index (χ2n) is 4.68. The van der Waals surface area contributed by atoms with Crippen molar-refractivity contribution in [1.29, 1.82) is 0 Å². The van der Waals surface area contributed by atoms with Crippen LogP contribution >= 0.6 is 0 Å². The van der Waals surface area contributed by atoms with Crippen LogP contribution in [0, 0.1) is 0 Å². The van der Waals surface area contributed by atoms with Crippen molar-refractivity contribution < 1.29 is 23.1 Å². The van der Waals surface area contributed by atoms with Crippen LogP contribution in [0.2, 0.25) is 0 Å². The Hall–Kier alpha value is -1.15. The fraction of sp³-hybridized carbons (Fsp3) is 0.818. The minimum Gasteiger partial charge on any atom is -0.480 e. The lowest BCUT2D eigenvalue weighted by Gasteiger charge is -2.27. The van der Waals surface area contributed by atoms with Crippen molar-refractivity contribution in [3.63, 3.8) is 0 Å². The summed E-state index contributed by atoms with van der Waals surface area (Å²) in [6.07, 6.45) is 0.455. The molecular formula is C11H20N2O5S. The summed E-state index contributed by atoms with van der Waals surface area (Å²) in [5, 5.41) is 11.3. The number of likely N-dealkylation sites (N-methyl/N-ethyl adjacent to an activating group) is 1. The number of carbonyl (C=O) groups is 2. The van der Waals surface area contributed by atoms with E-state index >= 15 is 0 Å². The van der Waals surface area contributed by atoms with E-state index in [4.69, 9.17) is 5.11 Å². The van der Waals surface area contributed by atoms with E-state index < -0.39 is 21.8 Å². The highest BCUT2D eigenvalue weighted by molar-refractivity contribution is 7.91. The van der Waals surface area contributed by atoms with Gasteiger partial charge in [0.25, 0.3) is 0 Å². The molecule has 1 unspecified atom stereocenters. The molecular weight excluding hydrogens is 272 g/mol. The average Bonchev–Trinajstić information content (AvgIpc) is 2.67. The van der Waals surface area contributed by atoms with Crippen molar-refractivity contribution in [2.24, 2.45) is 0 Å². The number of nitrogens with zero attached hydrogens (tertiary/aromatic N) is 1. The summed E-state index contributed by atoms with van der Waals surface area (Å²) in [4.78, 5) is 24.1. The Morgan fingerprint density at radius 3 is 2.53 bits per heavy atom. The molecule has 1 rings (SSSR count). The van der Waals surface area contributed by atoms with E-state index in [9.17, 15) is 18.0 Å². The highest BCUT2D eigenvalue weighted by Gasteiger charge is 2.33. The number of hydrogen-bond donors (Lipinski definition) is 2. The summed E-state index contributed by atoms with van der Waals surface area (Å²) in [6.45, 7) is 3.55. The number of rotatable bonds is 6. The predicted molar refractivity (Wildman–Crippen MR) is 69.5 cm³/mol. The molecule has 0 bridgehead atoms. The predicted octanol–water partition coefficient (Wildman–Crippen LogP) is -0.915. The summed E-state index contributed by atoms with van der Waals surface area (Å²) in [7, 11) is -3.04. The maximum atomic E-state index is 12.0. The molecule has 0 aromatic rings. The van der Waals surface area contributed by atoms with Gasteiger partial charge in [-0.25, -0.2) is 8.42 Å². The quantitative estimate of drug-likeness (QED) is 0.656. The van der Waals surface area contributed by atoms with E-state index in [-0.39, 0.29) is 30.0 Å². The third kappa shape index (κ3) is 4.46. The lowest BCUT2D eigenvalue weighted by Crippen LogP contribution is -2.47. The molecule has 0 aromatic heterocycles. The second kappa shape index (κ2) is 6.33. The van der Waals surface area contributed by atoms with Gasteiger partial charge in [0.15, 0.2) is 9.84 Å². The number of amides is 1. The zero-order valence-corrected chi connectivity index (χ0v) is 11.9. The van der Waals surface area contributed by atoms with Gasteiger partial charge in [-0.3, -0.25) is 14.9 Å². The van der Waals surface area contributed by atoms with Crippen molar-refractivity contribution >= 4 is 21.7 Å². The minimum atomic E-state index is -3.04. The number of carboxylic acid groups (broad SMARTS) is 1. The molecule has 7 nitrogen and oxygen atoms in total. The van der Waals surface area contributed by atoms with E-state index in [1.165, 1.54) is 11.8 Å². The molecule has 0 aliphatic carbocycles. The average molecular weight is 292 g/mol. The van der Waals surface area contributed by atoms with Crippen molar-refractivity contribution in [3.8, 4) is 0 Å². The molecule has 1 amide bonds. The smallest absolute Gasteiger partial charge is 0.320 e. The Balaban J connectivity index is 2.56. The van der Waals surface area contributed by atoms with Crippen molar-refractivity contribution in [3.05, 3.63) is 0 Å². The van der Waals surface area contributed by atoms with Crippen LogP contribution in [0.25, 0.3) is 0 Å². The number of sulfone groups is 1. The van der Waals surface area contributed by atoms with Gasteiger partial charge in [-0.05, 0) is 20.3 Å². The van der Waals surface area contributed by atoms with E-state index in [2.05, 4.69) is 5.32 Å². The highest BCUT2D eigenvalue weighted by Crippen LogP contribution is 2.17. The molecule has 2 atom stereocenters. The molecule has 0 radical (unpaired) electrons. The Kier molecular flexibility index (Phi) is 5.30. The summed E-state index contributed by atoms with van der Waals surface area (Å²) in [5.41, 5.74) is 0. The summed E-state index contributed by atoms with van der Waals surface area (Å²) >= 11 is 0. The van der Waals surface area contributed by atoms with Crippen LogP contribution in [-0.4, -0.2) is 67.0 Å². The lowest BCUT2D eigenvalue weighted by molar-refractivity contribution is -0.139. The van der Waals surface area contributed by atoms with E-state index in [1.807, 2.05) is 0 Å². The number of carbonyl (C=O) groups excluding carboxylic acids is 1.